The van der Waals surface area contributed by atoms with Crippen LogP contribution in [0.2, 0.25) is 0 Å². The van der Waals surface area contributed by atoms with E-state index in [1.54, 1.807) is 13.0 Å². The fraction of sp³-hybridized carbons (Fsp3) is 0.471. The maximum atomic E-state index is 11.4. The Kier molecular flexibility index (Phi) is 6.11. The molecule has 0 bridgehead atoms. The van der Waals surface area contributed by atoms with Gasteiger partial charge in [0, 0.05) is 11.8 Å². The first-order valence-electron chi connectivity index (χ1n) is 6.95. The van der Waals surface area contributed by atoms with Gasteiger partial charge < -0.3 is 10.2 Å². The highest BCUT2D eigenvalue weighted by Gasteiger charge is 2.26. The molecule has 0 fully saturated rings. The summed E-state index contributed by atoms with van der Waals surface area (Å²) >= 11 is 0. The van der Waals surface area contributed by atoms with Gasteiger partial charge in [-0.1, -0.05) is 49.8 Å². The van der Waals surface area contributed by atoms with Crippen molar-refractivity contribution < 1.29 is 15.0 Å². The molecule has 0 aliphatic heterocycles. The molecule has 110 valence electrons. The van der Waals surface area contributed by atoms with Crippen molar-refractivity contribution in [3.05, 3.63) is 41.0 Å². The number of rotatable bonds is 6. The van der Waals surface area contributed by atoms with E-state index in [0.717, 1.165) is 16.7 Å². The lowest BCUT2D eigenvalue weighted by Gasteiger charge is -2.25. The summed E-state index contributed by atoms with van der Waals surface area (Å²) in [4.78, 5) is 11.4. The van der Waals surface area contributed by atoms with Gasteiger partial charge in [0.2, 0.25) is 0 Å². The van der Waals surface area contributed by atoms with E-state index in [4.69, 9.17) is 5.11 Å². The van der Waals surface area contributed by atoms with Crippen molar-refractivity contribution in [1.29, 1.82) is 0 Å². The van der Waals surface area contributed by atoms with Gasteiger partial charge in [-0.05, 0) is 25.0 Å². The Morgan fingerprint density at radius 2 is 2.00 bits per heavy atom. The molecule has 1 rings (SSSR count). The predicted octanol–water partition coefficient (Wildman–Crippen LogP) is 2.69. The van der Waals surface area contributed by atoms with E-state index in [1.807, 2.05) is 38.1 Å². The van der Waals surface area contributed by atoms with E-state index in [0.29, 0.717) is 0 Å². The molecule has 1 aromatic carbocycles. The average Bonchev–Trinajstić information content (AvgIpc) is 2.42. The number of benzene rings is 1. The molecule has 3 nitrogen and oxygen atoms in total. The van der Waals surface area contributed by atoms with Crippen LogP contribution in [0.5, 0.6) is 0 Å². The number of aliphatic hydroxyl groups excluding tert-OH is 2. The third-order valence-corrected chi connectivity index (χ3v) is 3.80. The molecule has 0 unspecified atom stereocenters. The van der Waals surface area contributed by atoms with Crippen LogP contribution in [0.25, 0.3) is 6.08 Å². The molecule has 3 heteroatoms. The van der Waals surface area contributed by atoms with E-state index in [-0.39, 0.29) is 24.2 Å². The zero-order valence-corrected chi connectivity index (χ0v) is 12.6. The molecule has 0 heterocycles. The molecule has 0 amide bonds. The van der Waals surface area contributed by atoms with Gasteiger partial charge in [-0.3, -0.25) is 4.79 Å². The summed E-state index contributed by atoms with van der Waals surface area (Å²) in [6.45, 7) is 7.15. The zero-order valence-electron chi connectivity index (χ0n) is 12.6. The van der Waals surface area contributed by atoms with Crippen LogP contribution < -0.4 is 0 Å². The predicted molar refractivity (Wildman–Crippen MR) is 81.6 cm³/mol. The van der Waals surface area contributed by atoms with Gasteiger partial charge in [-0.25, -0.2) is 0 Å². The van der Waals surface area contributed by atoms with Crippen molar-refractivity contribution in [3.8, 4) is 0 Å². The average molecular weight is 276 g/mol. The van der Waals surface area contributed by atoms with E-state index in [2.05, 4.69) is 0 Å². The first kappa shape index (κ1) is 16.6. The van der Waals surface area contributed by atoms with Crippen LogP contribution in [0, 0.1) is 12.8 Å². The number of hydrogen-bond acceptors (Lipinski definition) is 3. The SMILES string of the molecule is CC(=O)[C@@H](C)[C@H](O)[C@@H](C)c1ccc(C)cc1C=CCO. The minimum absolute atomic E-state index is 0.0103. The minimum Gasteiger partial charge on any atom is -0.392 e. The van der Waals surface area contributed by atoms with Crippen LogP contribution in [-0.2, 0) is 4.79 Å². The largest absolute Gasteiger partial charge is 0.392 e. The second-order valence-corrected chi connectivity index (χ2v) is 5.40. The molecule has 2 N–H and O–H groups in total. The quantitative estimate of drug-likeness (QED) is 0.840. The number of Topliss-reactive ketones (excluding diaryl/α,β-unsaturated/α-hetero) is 1. The van der Waals surface area contributed by atoms with Gasteiger partial charge in [0.05, 0.1) is 12.7 Å². The van der Waals surface area contributed by atoms with Gasteiger partial charge in [-0.2, -0.15) is 0 Å². The van der Waals surface area contributed by atoms with Gasteiger partial charge in [-0.15, -0.1) is 0 Å². The Morgan fingerprint density at radius 1 is 1.35 bits per heavy atom. The lowest BCUT2D eigenvalue weighted by molar-refractivity contribution is -0.123. The van der Waals surface area contributed by atoms with Crippen molar-refractivity contribution in [1.82, 2.24) is 0 Å². The number of aryl methyl sites for hydroxylation is 1. The van der Waals surface area contributed by atoms with E-state index >= 15 is 0 Å². The van der Waals surface area contributed by atoms with Crippen molar-refractivity contribution in [3.63, 3.8) is 0 Å². The summed E-state index contributed by atoms with van der Waals surface area (Å²) in [5, 5.41) is 19.3. The van der Waals surface area contributed by atoms with Crippen LogP contribution in [0.4, 0.5) is 0 Å². The van der Waals surface area contributed by atoms with Gasteiger partial charge >= 0.3 is 0 Å². The molecule has 20 heavy (non-hydrogen) atoms. The molecule has 0 saturated heterocycles. The van der Waals surface area contributed by atoms with Crippen LogP contribution in [0.15, 0.2) is 24.3 Å². The van der Waals surface area contributed by atoms with Crippen LogP contribution in [0.3, 0.4) is 0 Å². The molecule has 0 spiro atoms. The molecule has 0 aliphatic carbocycles. The maximum absolute atomic E-state index is 11.4. The summed E-state index contributed by atoms with van der Waals surface area (Å²) in [5.74, 6) is -0.544. The second-order valence-electron chi connectivity index (χ2n) is 5.40. The highest BCUT2D eigenvalue weighted by molar-refractivity contribution is 5.78. The molecule has 0 radical (unpaired) electrons. The normalized spacial score (nSPS) is 16.1. The van der Waals surface area contributed by atoms with E-state index < -0.39 is 6.10 Å². The first-order valence-corrected chi connectivity index (χ1v) is 6.95. The number of ketones is 1. The summed E-state index contributed by atoms with van der Waals surface area (Å²) in [6, 6.07) is 5.99. The Morgan fingerprint density at radius 3 is 2.55 bits per heavy atom. The third kappa shape index (κ3) is 4.02. The number of aliphatic hydroxyl groups is 2. The third-order valence-electron chi connectivity index (χ3n) is 3.80. The van der Waals surface area contributed by atoms with E-state index in [1.165, 1.54) is 6.92 Å². The molecule has 0 aliphatic rings. The van der Waals surface area contributed by atoms with Crippen molar-refractivity contribution in [2.45, 2.75) is 39.7 Å². The summed E-state index contributed by atoms with van der Waals surface area (Å²) < 4.78 is 0. The second kappa shape index (κ2) is 7.36. The maximum Gasteiger partial charge on any atom is 0.135 e. The summed E-state index contributed by atoms with van der Waals surface area (Å²) in [7, 11) is 0. The smallest absolute Gasteiger partial charge is 0.135 e. The summed E-state index contributed by atoms with van der Waals surface area (Å²) in [6.07, 6.45) is 2.81. The Bertz CT molecular complexity index is 491. The van der Waals surface area contributed by atoms with Crippen LogP contribution >= 0.6 is 0 Å². The lowest BCUT2D eigenvalue weighted by atomic mass is 9.83. The highest BCUT2D eigenvalue weighted by Crippen LogP contribution is 2.28. The molecule has 1 aromatic rings. The Hall–Kier alpha value is -1.45. The molecule has 0 aromatic heterocycles. The number of carbonyl (C=O) groups is 1. The van der Waals surface area contributed by atoms with Gasteiger partial charge in [0.1, 0.15) is 5.78 Å². The summed E-state index contributed by atoms with van der Waals surface area (Å²) in [5.41, 5.74) is 3.08. The Balaban J connectivity index is 3.11. The molecule has 0 saturated carbocycles. The minimum atomic E-state index is -0.712. The van der Waals surface area contributed by atoms with Crippen LogP contribution in [-0.4, -0.2) is 28.7 Å². The van der Waals surface area contributed by atoms with Crippen molar-refractivity contribution in [2.24, 2.45) is 5.92 Å². The zero-order chi connectivity index (χ0) is 15.3. The fourth-order valence-corrected chi connectivity index (χ4v) is 2.29. The first-order chi connectivity index (χ1) is 9.38. The van der Waals surface area contributed by atoms with Crippen LogP contribution in [0.1, 0.15) is 43.4 Å². The highest BCUT2D eigenvalue weighted by atomic mass is 16.3. The van der Waals surface area contributed by atoms with Crippen molar-refractivity contribution >= 4 is 11.9 Å². The van der Waals surface area contributed by atoms with Gasteiger partial charge in [0.25, 0.3) is 0 Å². The molecular formula is C17H24O3. The van der Waals surface area contributed by atoms with Gasteiger partial charge in [0.15, 0.2) is 0 Å². The molecular weight excluding hydrogens is 252 g/mol. The van der Waals surface area contributed by atoms with Crippen molar-refractivity contribution in [2.75, 3.05) is 6.61 Å². The number of hydrogen-bond donors (Lipinski definition) is 2. The fourth-order valence-electron chi connectivity index (χ4n) is 2.29. The van der Waals surface area contributed by atoms with E-state index in [9.17, 15) is 9.90 Å². The topological polar surface area (TPSA) is 57.5 Å². The lowest BCUT2D eigenvalue weighted by Crippen LogP contribution is -2.29. The Labute approximate surface area is 121 Å². The number of carbonyl (C=O) groups excluding carboxylic acids is 1. The standard InChI is InChI=1S/C17H24O3/c1-11-7-8-16(15(10-11)6-5-9-18)13(3)17(20)12(2)14(4)19/h5-8,10,12-13,17-18,20H,9H2,1-4H3/t12-,13+,17+/m1/s1. The molecule has 3 atom stereocenters. The monoisotopic (exact) mass is 276 g/mol.